The van der Waals surface area contributed by atoms with Crippen LogP contribution in [0.5, 0.6) is 0 Å². The van der Waals surface area contributed by atoms with Crippen molar-refractivity contribution >= 4 is 20.2 Å². The van der Waals surface area contributed by atoms with E-state index in [1.54, 1.807) is 0 Å². The van der Waals surface area contributed by atoms with Crippen LogP contribution < -0.4 is 0 Å². The Morgan fingerprint density at radius 2 is 1.13 bits per heavy atom. The van der Waals surface area contributed by atoms with Crippen molar-refractivity contribution < 1.29 is 25.2 Å². The molecular formula is C7H12O6S2. The van der Waals surface area contributed by atoms with Crippen LogP contribution >= 0.6 is 0 Å². The fraction of sp³-hybridized carbons (Fsp3) is 1.00. The Labute approximate surface area is 88.8 Å². The SMILES string of the molecule is O=S(=O)(OCOS(=O)(=O)C1CC1)C1CC1. The second-order valence-corrected chi connectivity index (χ2v) is 7.51. The van der Waals surface area contributed by atoms with Gasteiger partial charge in [-0.2, -0.15) is 16.8 Å². The van der Waals surface area contributed by atoms with Crippen molar-refractivity contribution in [2.75, 3.05) is 6.79 Å². The first kappa shape index (κ1) is 11.3. The molecule has 0 unspecified atom stereocenters. The average Bonchev–Trinajstić information content (AvgIpc) is 2.97. The summed E-state index contributed by atoms with van der Waals surface area (Å²) in [7, 11) is -7.21. The highest BCUT2D eigenvalue weighted by atomic mass is 32.2. The van der Waals surface area contributed by atoms with Crippen molar-refractivity contribution in [2.24, 2.45) is 0 Å². The van der Waals surface area contributed by atoms with E-state index < -0.39 is 37.5 Å². The van der Waals surface area contributed by atoms with Crippen LogP contribution in [0.15, 0.2) is 0 Å². The Hall–Kier alpha value is -0.180. The Morgan fingerprint density at radius 1 is 0.800 bits per heavy atom. The third-order valence-corrected chi connectivity index (χ3v) is 5.72. The molecule has 2 rings (SSSR count). The quantitative estimate of drug-likeness (QED) is 0.489. The Balaban J connectivity index is 1.79. The molecule has 0 bridgehead atoms. The minimum atomic E-state index is -3.60. The summed E-state index contributed by atoms with van der Waals surface area (Å²) in [5, 5.41) is -0.936. The van der Waals surface area contributed by atoms with Crippen LogP contribution in [-0.2, 0) is 28.6 Å². The largest absolute Gasteiger partial charge is 0.272 e. The van der Waals surface area contributed by atoms with E-state index in [2.05, 4.69) is 8.37 Å². The number of hydrogen-bond acceptors (Lipinski definition) is 6. The summed E-state index contributed by atoms with van der Waals surface area (Å²) in [4.78, 5) is 0. The van der Waals surface area contributed by atoms with Gasteiger partial charge in [0, 0.05) is 0 Å². The first-order valence-electron chi connectivity index (χ1n) is 4.68. The molecule has 0 heterocycles. The molecule has 2 aliphatic carbocycles. The van der Waals surface area contributed by atoms with Crippen molar-refractivity contribution in [2.45, 2.75) is 36.2 Å². The molecule has 0 aliphatic heterocycles. The lowest BCUT2D eigenvalue weighted by Crippen LogP contribution is -2.18. The minimum Gasteiger partial charge on any atom is -0.240 e. The molecule has 0 N–H and O–H groups in total. The standard InChI is InChI=1S/C7H12O6S2/c8-14(9,6-1-2-6)12-5-13-15(10,11)7-3-4-7/h6-7H,1-5H2. The van der Waals surface area contributed by atoms with Gasteiger partial charge in [-0.05, 0) is 25.7 Å². The van der Waals surface area contributed by atoms with Gasteiger partial charge in [0.1, 0.15) is 0 Å². The maximum atomic E-state index is 11.2. The van der Waals surface area contributed by atoms with Gasteiger partial charge in [0.15, 0.2) is 6.79 Å². The van der Waals surface area contributed by atoms with Gasteiger partial charge in [-0.25, -0.2) is 8.37 Å². The van der Waals surface area contributed by atoms with E-state index in [0.717, 1.165) is 0 Å². The van der Waals surface area contributed by atoms with Gasteiger partial charge in [-0.1, -0.05) is 0 Å². The zero-order valence-corrected chi connectivity index (χ0v) is 9.59. The molecule has 6 nitrogen and oxygen atoms in total. The second kappa shape index (κ2) is 3.69. The molecule has 0 aromatic carbocycles. The fourth-order valence-corrected chi connectivity index (χ4v) is 3.30. The first-order valence-corrected chi connectivity index (χ1v) is 7.62. The molecule has 88 valence electrons. The van der Waals surface area contributed by atoms with E-state index in [1.165, 1.54) is 0 Å². The zero-order valence-electron chi connectivity index (χ0n) is 7.96. The van der Waals surface area contributed by atoms with Crippen LogP contribution in [0.3, 0.4) is 0 Å². The molecule has 0 radical (unpaired) electrons. The third kappa shape index (κ3) is 2.90. The molecule has 2 fully saturated rings. The molecule has 2 saturated carbocycles. The molecule has 0 saturated heterocycles. The van der Waals surface area contributed by atoms with Crippen LogP contribution in [0.2, 0.25) is 0 Å². The molecular weight excluding hydrogens is 244 g/mol. The van der Waals surface area contributed by atoms with E-state index in [1.807, 2.05) is 0 Å². The fourth-order valence-electron chi connectivity index (χ4n) is 1.06. The Morgan fingerprint density at radius 3 is 1.40 bits per heavy atom. The highest BCUT2D eigenvalue weighted by Crippen LogP contribution is 2.31. The van der Waals surface area contributed by atoms with Crippen molar-refractivity contribution in [3.05, 3.63) is 0 Å². The molecule has 0 aromatic heterocycles. The van der Waals surface area contributed by atoms with E-state index in [0.29, 0.717) is 25.7 Å². The van der Waals surface area contributed by atoms with Crippen molar-refractivity contribution in [3.8, 4) is 0 Å². The second-order valence-electron chi connectivity index (χ2n) is 3.74. The normalized spacial score (nSPS) is 22.9. The maximum absolute atomic E-state index is 11.2. The summed E-state index contributed by atoms with van der Waals surface area (Å²) in [6, 6.07) is 0. The van der Waals surface area contributed by atoms with Gasteiger partial charge in [-0.3, -0.25) is 0 Å². The lowest BCUT2D eigenvalue weighted by molar-refractivity contribution is 0.132. The molecule has 2 aliphatic rings. The first-order chi connectivity index (χ1) is 6.92. The molecule has 0 spiro atoms. The van der Waals surface area contributed by atoms with Gasteiger partial charge >= 0.3 is 0 Å². The van der Waals surface area contributed by atoms with Crippen LogP contribution in [0.4, 0.5) is 0 Å². The van der Waals surface area contributed by atoms with Crippen molar-refractivity contribution in [1.29, 1.82) is 0 Å². The Kier molecular flexibility index (Phi) is 2.78. The topological polar surface area (TPSA) is 86.7 Å². The molecule has 0 amide bonds. The summed E-state index contributed by atoms with van der Waals surface area (Å²) in [5.74, 6) is 0. The van der Waals surface area contributed by atoms with Gasteiger partial charge in [0.25, 0.3) is 20.2 Å². The average molecular weight is 256 g/mol. The predicted molar refractivity (Wildman–Crippen MR) is 50.9 cm³/mol. The van der Waals surface area contributed by atoms with Gasteiger partial charge in [0.05, 0.1) is 10.5 Å². The van der Waals surface area contributed by atoms with E-state index in [-0.39, 0.29) is 0 Å². The van der Waals surface area contributed by atoms with Crippen molar-refractivity contribution in [1.82, 2.24) is 0 Å². The monoisotopic (exact) mass is 256 g/mol. The molecule has 8 heteroatoms. The number of rotatable bonds is 6. The van der Waals surface area contributed by atoms with E-state index >= 15 is 0 Å². The zero-order chi connectivity index (χ0) is 11.1. The predicted octanol–water partition coefficient (Wildman–Crippen LogP) is -0.0385. The summed E-state index contributed by atoms with van der Waals surface area (Å²) in [5.41, 5.74) is 0. The lowest BCUT2D eigenvalue weighted by atomic mass is 11.0. The summed E-state index contributed by atoms with van der Waals surface area (Å²) < 4.78 is 53.5. The minimum absolute atomic E-state index is 0.468. The van der Waals surface area contributed by atoms with E-state index in [4.69, 9.17) is 0 Å². The van der Waals surface area contributed by atoms with Crippen LogP contribution in [0, 0.1) is 0 Å². The number of hydrogen-bond donors (Lipinski definition) is 0. The third-order valence-electron chi connectivity index (χ3n) is 2.29. The van der Waals surface area contributed by atoms with Gasteiger partial charge in [0.2, 0.25) is 0 Å². The van der Waals surface area contributed by atoms with Crippen LogP contribution in [0.25, 0.3) is 0 Å². The highest BCUT2D eigenvalue weighted by molar-refractivity contribution is 7.88. The maximum Gasteiger partial charge on any atom is 0.272 e. The van der Waals surface area contributed by atoms with Gasteiger partial charge < -0.3 is 0 Å². The van der Waals surface area contributed by atoms with Crippen LogP contribution in [-0.4, -0.2) is 34.1 Å². The van der Waals surface area contributed by atoms with Crippen molar-refractivity contribution in [3.63, 3.8) is 0 Å². The van der Waals surface area contributed by atoms with Crippen LogP contribution in [0.1, 0.15) is 25.7 Å². The molecule has 0 aromatic rings. The summed E-state index contributed by atoms with van der Waals surface area (Å²) >= 11 is 0. The smallest absolute Gasteiger partial charge is 0.240 e. The molecule has 0 atom stereocenters. The lowest BCUT2D eigenvalue weighted by Gasteiger charge is -2.05. The van der Waals surface area contributed by atoms with E-state index in [9.17, 15) is 16.8 Å². The summed E-state index contributed by atoms with van der Waals surface area (Å²) in [6.07, 6.45) is 2.32. The van der Waals surface area contributed by atoms with Gasteiger partial charge in [-0.15, -0.1) is 0 Å². The Bertz CT molecular complexity index is 386. The molecule has 15 heavy (non-hydrogen) atoms. The summed E-state index contributed by atoms with van der Waals surface area (Å²) in [6.45, 7) is -0.725. The highest BCUT2D eigenvalue weighted by Gasteiger charge is 2.39.